The van der Waals surface area contributed by atoms with Crippen molar-refractivity contribution in [1.82, 2.24) is 5.32 Å². The molecule has 0 aliphatic carbocycles. The average molecular weight is 215 g/mol. The number of carbonyl (C=O) groups is 2. The van der Waals surface area contributed by atoms with Crippen molar-refractivity contribution in [2.45, 2.75) is 19.8 Å². The molecule has 1 fully saturated rings. The van der Waals surface area contributed by atoms with Crippen molar-refractivity contribution < 1.29 is 19.4 Å². The van der Waals surface area contributed by atoms with Crippen molar-refractivity contribution in [3.05, 3.63) is 0 Å². The van der Waals surface area contributed by atoms with Crippen molar-refractivity contribution in [3.8, 4) is 0 Å². The van der Waals surface area contributed by atoms with Crippen molar-refractivity contribution in [2.24, 2.45) is 11.8 Å². The zero-order chi connectivity index (χ0) is 11.3. The van der Waals surface area contributed by atoms with Crippen molar-refractivity contribution >= 4 is 11.9 Å². The lowest BCUT2D eigenvalue weighted by atomic mass is 10.1. The minimum absolute atomic E-state index is 0.415. The fourth-order valence-corrected chi connectivity index (χ4v) is 1.48. The first-order valence-electron chi connectivity index (χ1n) is 5.19. The molecule has 0 saturated carbocycles. The molecule has 2 unspecified atom stereocenters. The Kier molecular flexibility index (Phi) is 4.55. The average Bonchev–Trinajstić information content (AvgIpc) is 2.69. The third-order valence-electron chi connectivity index (χ3n) is 2.64. The highest BCUT2D eigenvalue weighted by molar-refractivity contribution is 5.96. The normalized spacial score (nSPS) is 22.3. The molecule has 1 amide bonds. The number of carboxylic acids is 1. The maximum absolute atomic E-state index is 11.2. The number of amides is 1. The van der Waals surface area contributed by atoms with Crippen LogP contribution in [0.4, 0.5) is 0 Å². The highest BCUT2D eigenvalue weighted by Crippen LogP contribution is 2.15. The Labute approximate surface area is 88.8 Å². The van der Waals surface area contributed by atoms with Crippen LogP contribution in [0.2, 0.25) is 0 Å². The molecule has 0 aromatic carbocycles. The van der Waals surface area contributed by atoms with Crippen LogP contribution < -0.4 is 5.32 Å². The van der Waals surface area contributed by atoms with E-state index in [0.29, 0.717) is 12.5 Å². The molecule has 1 heterocycles. The largest absolute Gasteiger partial charge is 0.481 e. The summed E-state index contributed by atoms with van der Waals surface area (Å²) in [6.45, 7) is 3.47. The first-order chi connectivity index (χ1) is 7.11. The van der Waals surface area contributed by atoms with E-state index in [1.807, 2.05) is 0 Å². The summed E-state index contributed by atoms with van der Waals surface area (Å²) >= 11 is 0. The molecule has 0 aromatic rings. The standard InChI is InChI=1S/C10H17NO4/c1-7(10(13)14)9(12)11-4-2-8-3-5-15-6-8/h7-8H,2-6H2,1H3,(H,11,12)(H,13,14). The number of hydrogen-bond acceptors (Lipinski definition) is 3. The second-order valence-corrected chi connectivity index (χ2v) is 3.87. The molecule has 0 radical (unpaired) electrons. The molecule has 2 atom stereocenters. The predicted octanol–water partition coefficient (Wildman–Crippen LogP) is 0.250. The first-order valence-corrected chi connectivity index (χ1v) is 5.19. The van der Waals surface area contributed by atoms with Gasteiger partial charge in [-0.3, -0.25) is 9.59 Å². The smallest absolute Gasteiger partial charge is 0.315 e. The molecule has 1 aliphatic heterocycles. The summed E-state index contributed by atoms with van der Waals surface area (Å²) in [4.78, 5) is 21.7. The van der Waals surface area contributed by atoms with Crippen LogP contribution in [0, 0.1) is 11.8 Å². The van der Waals surface area contributed by atoms with Gasteiger partial charge in [0.2, 0.25) is 5.91 Å². The van der Waals surface area contributed by atoms with E-state index in [2.05, 4.69) is 5.32 Å². The second-order valence-electron chi connectivity index (χ2n) is 3.87. The number of rotatable bonds is 5. The van der Waals surface area contributed by atoms with Gasteiger partial charge in [0, 0.05) is 19.8 Å². The third-order valence-corrected chi connectivity index (χ3v) is 2.64. The fourth-order valence-electron chi connectivity index (χ4n) is 1.48. The topological polar surface area (TPSA) is 75.6 Å². The molecule has 5 nitrogen and oxygen atoms in total. The first kappa shape index (κ1) is 12.0. The predicted molar refractivity (Wildman–Crippen MR) is 53.4 cm³/mol. The summed E-state index contributed by atoms with van der Waals surface area (Å²) in [6.07, 6.45) is 1.89. The zero-order valence-corrected chi connectivity index (χ0v) is 8.86. The van der Waals surface area contributed by atoms with Gasteiger partial charge in [-0.05, 0) is 25.7 Å². The minimum Gasteiger partial charge on any atom is -0.481 e. The maximum atomic E-state index is 11.2. The van der Waals surface area contributed by atoms with E-state index in [4.69, 9.17) is 9.84 Å². The molecule has 0 bridgehead atoms. The van der Waals surface area contributed by atoms with Crippen molar-refractivity contribution in [2.75, 3.05) is 19.8 Å². The van der Waals surface area contributed by atoms with Crippen LogP contribution >= 0.6 is 0 Å². The van der Waals surface area contributed by atoms with Crippen molar-refractivity contribution in [1.29, 1.82) is 0 Å². The molecule has 0 spiro atoms. The van der Waals surface area contributed by atoms with E-state index < -0.39 is 17.8 Å². The van der Waals surface area contributed by atoms with Gasteiger partial charge in [-0.25, -0.2) is 0 Å². The van der Waals surface area contributed by atoms with Crippen LogP contribution in [0.5, 0.6) is 0 Å². The molecule has 86 valence electrons. The van der Waals surface area contributed by atoms with Crippen molar-refractivity contribution in [3.63, 3.8) is 0 Å². The highest BCUT2D eigenvalue weighted by atomic mass is 16.5. The Bertz CT molecular complexity index is 236. The van der Waals surface area contributed by atoms with Gasteiger partial charge < -0.3 is 15.2 Å². The molecule has 5 heteroatoms. The number of nitrogens with one attached hydrogen (secondary N) is 1. The van der Waals surface area contributed by atoms with Gasteiger partial charge in [-0.1, -0.05) is 0 Å². The van der Waals surface area contributed by atoms with Crippen LogP contribution in [-0.2, 0) is 14.3 Å². The maximum Gasteiger partial charge on any atom is 0.315 e. The Hall–Kier alpha value is -1.10. The SMILES string of the molecule is CC(C(=O)O)C(=O)NCCC1CCOC1. The van der Waals surface area contributed by atoms with Gasteiger partial charge in [0.15, 0.2) is 0 Å². The van der Waals surface area contributed by atoms with Gasteiger partial charge in [-0.15, -0.1) is 0 Å². The van der Waals surface area contributed by atoms with E-state index in [0.717, 1.165) is 26.1 Å². The van der Waals surface area contributed by atoms with Crippen LogP contribution in [0.15, 0.2) is 0 Å². The lowest BCUT2D eigenvalue weighted by Gasteiger charge is -2.10. The number of carboxylic acid groups (broad SMARTS) is 1. The number of aliphatic carboxylic acids is 1. The Morgan fingerprint density at radius 3 is 2.87 bits per heavy atom. The number of carbonyl (C=O) groups excluding carboxylic acids is 1. The van der Waals surface area contributed by atoms with Gasteiger partial charge in [-0.2, -0.15) is 0 Å². The van der Waals surface area contributed by atoms with Gasteiger partial charge in [0.25, 0.3) is 0 Å². The molecule has 1 rings (SSSR count). The van der Waals surface area contributed by atoms with Gasteiger partial charge in [0.05, 0.1) is 0 Å². The summed E-state index contributed by atoms with van der Waals surface area (Å²) in [5, 5.41) is 11.2. The van der Waals surface area contributed by atoms with Gasteiger partial charge in [0.1, 0.15) is 5.92 Å². The summed E-state index contributed by atoms with van der Waals surface area (Å²) in [7, 11) is 0. The highest BCUT2D eigenvalue weighted by Gasteiger charge is 2.21. The number of hydrogen-bond donors (Lipinski definition) is 2. The summed E-state index contributed by atoms with van der Waals surface area (Å²) < 4.78 is 5.19. The van der Waals surface area contributed by atoms with Gasteiger partial charge >= 0.3 is 5.97 Å². The third kappa shape index (κ3) is 3.87. The minimum atomic E-state index is -1.09. The molecular weight excluding hydrogens is 198 g/mol. The van der Waals surface area contributed by atoms with E-state index in [1.165, 1.54) is 6.92 Å². The summed E-state index contributed by atoms with van der Waals surface area (Å²) in [5.74, 6) is -1.96. The molecular formula is C10H17NO4. The lowest BCUT2D eigenvalue weighted by Crippen LogP contribution is -2.34. The zero-order valence-electron chi connectivity index (χ0n) is 8.86. The van der Waals surface area contributed by atoms with Crippen LogP contribution in [0.1, 0.15) is 19.8 Å². The molecule has 1 saturated heterocycles. The summed E-state index contributed by atoms with van der Waals surface area (Å²) in [6, 6.07) is 0. The molecule has 2 N–H and O–H groups in total. The molecule has 0 aromatic heterocycles. The van der Waals surface area contributed by atoms with Crippen LogP contribution in [-0.4, -0.2) is 36.7 Å². The number of ether oxygens (including phenoxy) is 1. The second kappa shape index (κ2) is 5.70. The molecule has 1 aliphatic rings. The summed E-state index contributed by atoms with van der Waals surface area (Å²) in [5.41, 5.74) is 0. The van der Waals surface area contributed by atoms with E-state index in [9.17, 15) is 9.59 Å². The lowest BCUT2D eigenvalue weighted by molar-refractivity contribution is -0.146. The Morgan fingerprint density at radius 2 is 2.33 bits per heavy atom. The van der Waals surface area contributed by atoms with Crippen LogP contribution in [0.3, 0.4) is 0 Å². The Balaban J connectivity index is 2.13. The monoisotopic (exact) mass is 215 g/mol. The van der Waals surface area contributed by atoms with E-state index >= 15 is 0 Å². The molecule has 15 heavy (non-hydrogen) atoms. The fraction of sp³-hybridized carbons (Fsp3) is 0.800. The van der Waals surface area contributed by atoms with E-state index in [1.54, 1.807) is 0 Å². The van der Waals surface area contributed by atoms with E-state index in [-0.39, 0.29) is 0 Å². The quantitative estimate of drug-likeness (QED) is 0.644. The Morgan fingerprint density at radius 1 is 1.60 bits per heavy atom. The van der Waals surface area contributed by atoms with Crippen LogP contribution in [0.25, 0.3) is 0 Å².